The molecule has 0 saturated carbocycles. The number of carbonyl (C=O) groups is 1. The number of carbonyl (C=O) groups excluding carboxylic acids is 1. The van der Waals surface area contributed by atoms with Gasteiger partial charge in [-0.05, 0) is 6.42 Å². The van der Waals surface area contributed by atoms with E-state index in [0.717, 1.165) is 31.7 Å². The summed E-state index contributed by atoms with van der Waals surface area (Å²) < 4.78 is 7.14. The molecule has 0 radical (unpaired) electrons. The van der Waals surface area contributed by atoms with Crippen molar-refractivity contribution in [2.45, 2.75) is 19.5 Å². The number of nitrogens with one attached hydrogen (secondary N) is 2. The zero-order chi connectivity index (χ0) is 11.7. The highest BCUT2D eigenvalue weighted by Crippen LogP contribution is 2.16. The smallest absolute Gasteiger partial charge is 0.231 e. The normalized spacial score (nSPS) is 23.4. The number of fused-ring (bicyclic) bond motifs is 1. The molecule has 6 nitrogen and oxygen atoms in total. The van der Waals surface area contributed by atoms with Crippen LogP contribution in [0.25, 0.3) is 0 Å². The van der Waals surface area contributed by atoms with Crippen LogP contribution >= 0.6 is 0 Å². The third-order valence-corrected chi connectivity index (χ3v) is 3.22. The zero-order valence-electron chi connectivity index (χ0n) is 9.61. The van der Waals surface area contributed by atoms with Gasteiger partial charge >= 0.3 is 0 Å². The summed E-state index contributed by atoms with van der Waals surface area (Å²) in [6.07, 6.45) is 0.807. The summed E-state index contributed by atoms with van der Waals surface area (Å²) in [6, 6.07) is 1.93. The molecule has 17 heavy (non-hydrogen) atoms. The van der Waals surface area contributed by atoms with Crippen molar-refractivity contribution in [3.05, 3.63) is 11.8 Å². The Bertz CT molecular complexity index is 400. The van der Waals surface area contributed by atoms with Gasteiger partial charge in [-0.3, -0.25) is 9.48 Å². The van der Waals surface area contributed by atoms with Crippen molar-refractivity contribution < 1.29 is 9.53 Å². The van der Waals surface area contributed by atoms with Gasteiger partial charge in [-0.1, -0.05) is 0 Å². The first-order chi connectivity index (χ1) is 8.33. The van der Waals surface area contributed by atoms with Crippen molar-refractivity contribution in [1.82, 2.24) is 15.1 Å². The van der Waals surface area contributed by atoms with E-state index in [9.17, 15) is 4.79 Å². The maximum absolute atomic E-state index is 11.9. The summed E-state index contributed by atoms with van der Waals surface area (Å²) >= 11 is 0. The highest BCUT2D eigenvalue weighted by molar-refractivity contribution is 5.91. The van der Waals surface area contributed by atoms with Gasteiger partial charge in [-0.15, -0.1) is 0 Å². The number of aromatic nitrogens is 2. The first kappa shape index (κ1) is 10.7. The third kappa shape index (κ3) is 2.18. The Morgan fingerprint density at radius 3 is 3.35 bits per heavy atom. The predicted octanol–water partition coefficient (Wildman–Crippen LogP) is -0.0387. The van der Waals surface area contributed by atoms with Gasteiger partial charge in [0, 0.05) is 25.8 Å². The van der Waals surface area contributed by atoms with Crippen molar-refractivity contribution in [3.8, 4) is 0 Å². The molecule has 2 N–H and O–H groups in total. The van der Waals surface area contributed by atoms with Gasteiger partial charge in [0.2, 0.25) is 5.91 Å². The summed E-state index contributed by atoms with van der Waals surface area (Å²) in [5, 5.41) is 10.5. The fraction of sp³-hybridized carbons (Fsp3) is 0.636. The van der Waals surface area contributed by atoms with Gasteiger partial charge in [0.1, 0.15) is 0 Å². The molecule has 92 valence electrons. The van der Waals surface area contributed by atoms with E-state index >= 15 is 0 Å². The molecule has 1 aromatic heterocycles. The van der Waals surface area contributed by atoms with Crippen molar-refractivity contribution in [2.75, 3.05) is 25.1 Å². The molecule has 0 aromatic carbocycles. The van der Waals surface area contributed by atoms with E-state index < -0.39 is 0 Å². The lowest BCUT2D eigenvalue weighted by molar-refractivity contribution is -0.119. The minimum absolute atomic E-state index is 0.0194. The Labute approximate surface area is 99.3 Å². The lowest BCUT2D eigenvalue weighted by Gasteiger charge is -2.13. The fourth-order valence-corrected chi connectivity index (χ4v) is 2.22. The molecule has 3 rings (SSSR count). The number of ether oxygens (including phenoxy) is 1. The standard InChI is InChI=1S/C11H16N4O2/c16-11(8-1-4-17-7-8)13-10-5-9-6-12-2-3-15(9)14-10/h5,8,12H,1-4,6-7H2,(H,13,14,16). The molecule has 0 aliphatic carbocycles. The molecule has 3 heterocycles. The monoisotopic (exact) mass is 236 g/mol. The van der Waals surface area contributed by atoms with Crippen LogP contribution in [0.15, 0.2) is 6.07 Å². The Morgan fingerprint density at radius 1 is 1.65 bits per heavy atom. The maximum atomic E-state index is 11.9. The summed E-state index contributed by atoms with van der Waals surface area (Å²) in [6.45, 7) is 3.81. The predicted molar refractivity (Wildman–Crippen MR) is 61.5 cm³/mol. The Morgan fingerprint density at radius 2 is 2.59 bits per heavy atom. The number of hydrogen-bond donors (Lipinski definition) is 2. The van der Waals surface area contributed by atoms with Crippen LogP contribution < -0.4 is 10.6 Å². The molecule has 0 bridgehead atoms. The second-order valence-electron chi connectivity index (χ2n) is 4.47. The zero-order valence-corrected chi connectivity index (χ0v) is 9.61. The summed E-state index contributed by atoms with van der Waals surface area (Å²) in [7, 11) is 0. The van der Waals surface area contributed by atoms with Crippen LogP contribution in [0, 0.1) is 5.92 Å². The fourth-order valence-electron chi connectivity index (χ4n) is 2.22. The van der Waals surface area contributed by atoms with E-state index in [1.807, 2.05) is 10.7 Å². The Kier molecular flexibility index (Phi) is 2.82. The number of hydrogen-bond acceptors (Lipinski definition) is 4. The Balaban J connectivity index is 1.68. The summed E-state index contributed by atoms with van der Waals surface area (Å²) in [5.41, 5.74) is 1.12. The van der Waals surface area contributed by atoms with Crippen LogP contribution in [0.2, 0.25) is 0 Å². The van der Waals surface area contributed by atoms with Crippen LogP contribution in [0.5, 0.6) is 0 Å². The van der Waals surface area contributed by atoms with E-state index in [2.05, 4.69) is 15.7 Å². The summed E-state index contributed by atoms with van der Waals surface area (Å²) in [4.78, 5) is 11.9. The minimum atomic E-state index is -0.0214. The van der Waals surface area contributed by atoms with Crippen molar-refractivity contribution >= 4 is 11.7 Å². The van der Waals surface area contributed by atoms with Crippen molar-refractivity contribution in [2.24, 2.45) is 5.92 Å². The maximum Gasteiger partial charge on any atom is 0.231 e. The van der Waals surface area contributed by atoms with E-state index in [4.69, 9.17) is 4.74 Å². The molecule has 1 fully saturated rings. The lowest BCUT2D eigenvalue weighted by Crippen LogP contribution is -2.28. The first-order valence-electron chi connectivity index (χ1n) is 5.99. The van der Waals surface area contributed by atoms with Crippen LogP contribution in [-0.2, 0) is 22.6 Å². The molecular weight excluding hydrogens is 220 g/mol. The SMILES string of the molecule is O=C(Nc1cc2n(n1)CCNC2)C1CCOC1. The van der Waals surface area contributed by atoms with Gasteiger partial charge in [-0.25, -0.2) is 0 Å². The number of nitrogens with zero attached hydrogens (tertiary/aromatic N) is 2. The number of anilines is 1. The van der Waals surface area contributed by atoms with Crippen LogP contribution in [0.1, 0.15) is 12.1 Å². The second-order valence-corrected chi connectivity index (χ2v) is 4.47. The summed E-state index contributed by atoms with van der Waals surface area (Å²) in [5.74, 6) is 0.651. The van der Waals surface area contributed by atoms with E-state index in [-0.39, 0.29) is 11.8 Å². The largest absolute Gasteiger partial charge is 0.381 e. The van der Waals surface area contributed by atoms with Gasteiger partial charge in [0.25, 0.3) is 0 Å². The van der Waals surface area contributed by atoms with Gasteiger partial charge < -0.3 is 15.4 Å². The van der Waals surface area contributed by atoms with Crippen LogP contribution in [-0.4, -0.2) is 35.4 Å². The molecule has 2 aliphatic rings. The minimum Gasteiger partial charge on any atom is -0.381 e. The van der Waals surface area contributed by atoms with Gasteiger partial charge in [0.05, 0.1) is 24.8 Å². The second kappa shape index (κ2) is 4.46. The van der Waals surface area contributed by atoms with Crippen LogP contribution in [0.3, 0.4) is 0 Å². The molecule has 1 saturated heterocycles. The molecule has 1 aromatic rings. The molecule has 6 heteroatoms. The van der Waals surface area contributed by atoms with E-state index in [0.29, 0.717) is 19.0 Å². The first-order valence-corrected chi connectivity index (χ1v) is 5.99. The average Bonchev–Trinajstić information content (AvgIpc) is 2.97. The molecular formula is C11H16N4O2. The quantitative estimate of drug-likeness (QED) is 0.756. The topological polar surface area (TPSA) is 68.2 Å². The van der Waals surface area contributed by atoms with Crippen molar-refractivity contribution in [3.63, 3.8) is 0 Å². The van der Waals surface area contributed by atoms with Gasteiger partial charge in [0.15, 0.2) is 5.82 Å². The van der Waals surface area contributed by atoms with Crippen LogP contribution in [0.4, 0.5) is 5.82 Å². The lowest BCUT2D eigenvalue weighted by atomic mass is 10.1. The molecule has 1 atom stereocenters. The van der Waals surface area contributed by atoms with E-state index in [1.165, 1.54) is 0 Å². The number of rotatable bonds is 2. The molecule has 2 aliphatic heterocycles. The third-order valence-electron chi connectivity index (χ3n) is 3.22. The van der Waals surface area contributed by atoms with Gasteiger partial charge in [-0.2, -0.15) is 5.10 Å². The molecule has 1 unspecified atom stereocenters. The Hall–Kier alpha value is -1.40. The highest BCUT2D eigenvalue weighted by atomic mass is 16.5. The van der Waals surface area contributed by atoms with E-state index in [1.54, 1.807) is 0 Å². The van der Waals surface area contributed by atoms with Crippen molar-refractivity contribution in [1.29, 1.82) is 0 Å². The molecule has 0 spiro atoms. The highest BCUT2D eigenvalue weighted by Gasteiger charge is 2.24. The molecule has 1 amide bonds. The average molecular weight is 236 g/mol. The number of amides is 1.